The van der Waals surface area contributed by atoms with Gasteiger partial charge in [0.25, 0.3) is 0 Å². The number of thiazole rings is 1. The zero-order valence-electron chi connectivity index (χ0n) is 21.0. The largest absolute Gasteiger partial charge is 0.380 e. The maximum atomic E-state index is 12.4. The number of hydrogen-bond acceptors (Lipinski definition) is 6. The molecule has 0 fully saturated rings. The summed E-state index contributed by atoms with van der Waals surface area (Å²) >= 11 is 3.72. The van der Waals surface area contributed by atoms with Crippen LogP contribution < -0.4 is 21.3 Å². The molecule has 0 saturated carbocycles. The minimum absolute atomic E-state index is 0.0748. The molecule has 1 atom stereocenters. The van der Waals surface area contributed by atoms with Crippen LogP contribution in [0.25, 0.3) is 10.4 Å². The van der Waals surface area contributed by atoms with E-state index in [-0.39, 0.29) is 24.3 Å². The Morgan fingerprint density at radius 1 is 1.00 bits per heavy atom. The van der Waals surface area contributed by atoms with Gasteiger partial charge in [0.2, 0.25) is 17.7 Å². The topological polar surface area (TPSA) is 112 Å². The highest BCUT2D eigenvalue weighted by atomic mass is 127. The molecule has 0 unspecified atom stereocenters. The lowest BCUT2D eigenvalue weighted by Gasteiger charge is -2.15. The van der Waals surface area contributed by atoms with Gasteiger partial charge >= 0.3 is 0 Å². The number of hydrogen-bond donors (Lipinski definition) is 4. The third-order valence-corrected chi connectivity index (χ3v) is 6.95. The van der Waals surface area contributed by atoms with E-state index in [0.29, 0.717) is 17.5 Å². The lowest BCUT2D eigenvalue weighted by molar-refractivity contribution is -0.128. The summed E-state index contributed by atoms with van der Waals surface area (Å²) in [5.41, 5.74) is 5.72. The van der Waals surface area contributed by atoms with Crippen LogP contribution in [0.3, 0.4) is 0 Å². The van der Waals surface area contributed by atoms with Crippen LogP contribution in [0.4, 0.5) is 0 Å². The molecule has 2 aromatic rings. The van der Waals surface area contributed by atoms with Crippen LogP contribution in [0.15, 0.2) is 42.1 Å². The van der Waals surface area contributed by atoms with E-state index in [9.17, 15) is 14.4 Å². The van der Waals surface area contributed by atoms with E-state index in [0.717, 1.165) is 59.5 Å². The molecular formula is C26H36IN5O3S. The molecule has 0 aliphatic rings. The molecule has 1 aromatic heterocycles. The molecule has 0 radical (unpaired) electrons. The fourth-order valence-electron chi connectivity index (χ4n) is 3.49. The number of halogens is 1. The molecule has 0 aliphatic heterocycles. The number of nitrogens with zero attached hydrogens (tertiary/aromatic N) is 1. The first kappa shape index (κ1) is 29.8. The molecule has 0 spiro atoms. The van der Waals surface area contributed by atoms with E-state index in [2.05, 4.69) is 55.4 Å². The number of benzene rings is 1. The molecule has 4 N–H and O–H groups in total. The van der Waals surface area contributed by atoms with Gasteiger partial charge in [-0.25, -0.2) is 4.98 Å². The first-order valence-electron chi connectivity index (χ1n) is 12.1. The first-order chi connectivity index (χ1) is 17.3. The quantitative estimate of drug-likeness (QED) is 0.0968. The van der Waals surface area contributed by atoms with Crippen LogP contribution in [0.1, 0.15) is 56.7 Å². The summed E-state index contributed by atoms with van der Waals surface area (Å²) in [5.74, 6) is -0.401. The van der Waals surface area contributed by atoms with Gasteiger partial charge in [-0.15, -0.1) is 11.3 Å². The Kier molecular flexibility index (Phi) is 13.5. The minimum atomic E-state index is -0.643. The van der Waals surface area contributed by atoms with E-state index in [1.54, 1.807) is 18.3 Å². The van der Waals surface area contributed by atoms with Crippen molar-refractivity contribution < 1.29 is 14.4 Å². The number of amides is 3. The second-order valence-electron chi connectivity index (χ2n) is 8.58. The standard InChI is InChI=1S/C26H36IN5O3S/c1-18(8-6-4-5-7-9-23(33)30-16-27)28-15-24(34)32-20(3)26(35)29-14-21-10-12-22(13-11-21)25-19(2)31-17-36-25/h10-13,17,20,28H,1,4-9,14-16H2,2-3H3,(H,29,35)(H,30,33)(H,32,34)/t20-/m0/s1. The van der Waals surface area contributed by atoms with Crippen LogP contribution in [0, 0.1) is 6.92 Å². The molecule has 2 rings (SSSR count). The van der Waals surface area contributed by atoms with Crippen molar-refractivity contribution >= 4 is 51.6 Å². The predicted molar refractivity (Wildman–Crippen MR) is 154 cm³/mol. The predicted octanol–water partition coefficient (Wildman–Crippen LogP) is 4.19. The van der Waals surface area contributed by atoms with Crippen molar-refractivity contribution in [1.29, 1.82) is 0 Å². The number of rotatable bonds is 16. The SMILES string of the molecule is C=C(CCCCCCC(=O)NCI)NCC(=O)N[C@@H](C)C(=O)NCc1ccc(-c2scnc2C)cc1. The molecule has 10 heteroatoms. The maximum Gasteiger partial charge on any atom is 0.242 e. The van der Waals surface area contributed by atoms with E-state index in [1.807, 2.05) is 36.7 Å². The fraction of sp³-hybridized carbons (Fsp3) is 0.462. The Morgan fingerprint density at radius 3 is 2.33 bits per heavy atom. The smallest absolute Gasteiger partial charge is 0.242 e. The first-order valence-corrected chi connectivity index (χ1v) is 14.5. The second-order valence-corrected chi connectivity index (χ2v) is 10.2. The van der Waals surface area contributed by atoms with Gasteiger partial charge in [-0.1, -0.05) is 66.3 Å². The van der Waals surface area contributed by atoms with Crippen molar-refractivity contribution in [3.05, 3.63) is 53.3 Å². The van der Waals surface area contributed by atoms with Crippen molar-refractivity contribution in [1.82, 2.24) is 26.3 Å². The third-order valence-electron chi connectivity index (χ3n) is 5.59. The van der Waals surface area contributed by atoms with Gasteiger partial charge in [-0.05, 0) is 44.2 Å². The van der Waals surface area contributed by atoms with Crippen molar-refractivity contribution in [3.8, 4) is 10.4 Å². The molecule has 0 bridgehead atoms. The highest BCUT2D eigenvalue weighted by molar-refractivity contribution is 14.1. The van der Waals surface area contributed by atoms with Crippen molar-refractivity contribution in [2.24, 2.45) is 0 Å². The molecule has 0 aliphatic carbocycles. The molecule has 1 aromatic carbocycles. The van der Waals surface area contributed by atoms with Gasteiger partial charge in [0, 0.05) is 18.7 Å². The van der Waals surface area contributed by atoms with Crippen LogP contribution in [0.2, 0.25) is 0 Å². The number of carbonyl (C=O) groups is 3. The van der Waals surface area contributed by atoms with Crippen LogP contribution in [-0.2, 0) is 20.9 Å². The summed E-state index contributed by atoms with van der Waals surface area (Å²) in [6, 6.07) is 7.37. The van der Waals surface area contributed by atoms with Crippen molar-refractivity contribution in [3.63, 3.8) is 0 Å². The average Bonchev–Trinajstić information content (AvgIpc) is 3.29. The highest BCUT2D eigenvalue weighted by Crippen LogP contribution is 2.27. The van der Waals surface area contributed by atoms with Crippen molar-refractivity contribution in [2.45, 2.75) is 65.0 Å². The summed E-state index contributed by atoms with van der Waals surface area (Å²) < 4.78 is 0.641. The van der Waals surface area contributed by atoms with Crippen LogP contribution in [0.5, 0.6) is 0 Å². The van der Waals surface area contributed by atoms with Crippen molar-refractivity contribution in [2.75, 3.05) is 11.1 Å². The van der Waals surface area contributed by atoms with Gasteiger partial charge in [0.05, 0.1) is 27.2 Å². The zero-order chi connectivity index (χ0) is 26.3. The minimum Gasteiger partial charge on any atom is -0.380 e. The molecule has 8 nitrogen and oxygen atoms in total. The van der Waals surface area contributed by atoms with E-state index >= 15 is 0 Å². The lowest BCUT2D eigenvalue weighted by atomic mass is 10.1. The number of aromatic nitrogens is 1. The number of nitrogens with one attached hydrogen (secondary N) is 4. The highest BCUT2D eigenvalue weighted by Gasteiger charge is 2.15. The monoisotopic (exact) mass is 625 g/mol. The van der Waals surface area contributed by atoms with E-state index < -0.39 is 6.04 Å². The maximum absolute atomic E-state index is 12.4. The number of allylic oxidation sites excluding steroid dienone is 1. The summed E-state index contributed by atoms with van der Waals surface area (Å²) in [4.78, 5) is 41.4. The second kappa shape index (κ2) is 16.3. The van der Waals surface area contributed by atoms with Gasteiger partial charge < -0.3 is 21.3 Å². The molecule has 3 amide bonds. The molecule has 0 saturated heterocycles. The van der Waals surface area contributed by atoms with E-state index in [4.69, 9.17) is 0 Å². The summed E-state index contributed by atoms with van der Waals surface area (Å²) in [7, 11) is 0. The average molecular weight is 626 g/mol. The Labute approximate surface area is 231 Å². The molecular weight excluding hydrogens is 589 g/mol. The van der Waals surface area contributed by atoms with E-state index in [1.165, 1.54) is 0 Å². The number of unbranched alkanes of at least 4 members (excludes halogenated alkanes) is 3. The number of carbonyl (C=O) groups excluding carboxylic acids is 3. The Bertz CT molecular complexity index is 1010. The van der Waals surface area contributed by atoms with Gasteiger partial charge in [0.1, 0.15) is 6.04 Å². The fourth-order valence-corrected chi connectivity index (χ4v) is 4.72. The van der Waals surface area contributed by atoms with Crippen LogP contribution in [-0.4, -0.2) is 39.8 Å². The number of alkyl halides is 1. The Balaban J connectivity index is 1.58. The van der Waals surface area contributed by atoms with Gasteiger partial charge in [-0.3, -0.25) is 14.4 Å². The summed E-state index contributed by atoms with van der Waals surface area (Å²) in [6.45, 7) is 8.08. The van der Waals surface area contributed by atoms with Crippen LogP contribution >= 0.6 is 33.9 Å². The third kappa shape index (κ3) is 11.1. The Morgan fingerprint density at radius 2 is 1.69 bits per heavy atom. The molecule has 196 valence electrons. The van der Waals surface area contributed by atoms with Gasteiger partial charge in [-0.2, -0.15) is 0 Å². The zero-order valence-corrected chi connectivity index (χ0v) is 24.0. The number of aryl methyl sites for hydroxylation is 1. The molecule has 36 heavy (non-hydrogen) atoms. The van der Waals surface area contributed by atoms with Gasteiger partial charge in [0.15, 0.2) is 0 Å². The normalized spacial score (nSPS) is 11.4. The molecule has 1 heterocycles. The summed E-state index contributed by atoms with van der Waals surface area (Å²) in [6.07, 6.45) is 5.16. The summed E-state index contributed by atoms with van der Waals surface area (Å²) in [5, 5.41) is 11.4. The lowest BCUT2D eigenvalue weighted by Crippen LogP contribution is -2.47. The Hall–Kier alpha value is -2.47.